The lowest BCUT2D eigenvalue weighted by Gasteiger charge is -2.21. The fraction of sp³-hybridized carbons (Fsp3) is 0.471. The molecule has 0 bridgehead atoms. The number of hydrogen-bond donors (Lipinski definition) is 1. The molecule has 1 aliphatic rings. The highest BCUT2D eigenvalue weighted by Crippen LogP contribution is 2.23. The maximum absolute atomic E-state index is 12.5. The summed E-state index contributed by atoms with van der Waals surface area (Å²) in [6.07, 6.45) is 6.62. The van der Waals surface area contributed by atoms with Crippen LogP contribution >= 0.6 is 0 Å². The maximum atomic E-state index is 12.5. The van der Waals surface area contributed by atoms with Crippen LogP contribution in [0.4, 0.5) is 0 Å². The van der Waals surface area contributed by atoms with Gasteiger partial charge in [0.25, 0.3) is 0 Å². The second-order valence-corrected chi connectivity index (χ2v) is 5.14. The molecule has 0 saturated carbocycles. The minimum Gasteiger partial charge on any atom is -0.388 e. The zero-order chi connectivity index (χ0) is 13.5. The second kappa shape index (κ2) is 7.13. The van der Waals surface area contributed by atoms with E-state index < -0.39 is 0 Å². The Kier molecular flexibility index (Phi) is 5.20. The van der Waals surface area contributed by atoms with E-state index in [1.54, 1.807) is 0 Å². The third-order valence-electron chi connectivity index (χ3n) is 3.65. The van der Waals surface area contributed by atoms with E-state index >= 15 is 0 Å². The van der Waals surface area contributed by atoms with Gasteiger partial charge in [0.1, 0.15) is 0 Å². The molecule has 102 valence electrons. The second-order valence-electron chi connectivity index (χ2n) is 5.14. The van der Waals surface area contributed by atoms with Crippen LogP contribution < -0.4 is 5.32 Å². The lowest BCUT2D eigenvalue weighted by molar-refractivity contribution is 0.102. The quantitative estimate of drug-likeness (QED) is 0.614. The molecule has 0 unspecified atom stereocenters. The topological polar surface area (TPSA) is 29.1 Å². The zero-order valence-corrected chi connectivity index (χ0v) is 11.7. The summed E-state index contributed by atoms with van der Waals surface area (Å²) in [6.45, 7) is 3.21. The minimum absolute atomic E-state index is 0.208. The lowest BCUT2D eigenvalue weighted by Crippen LogP contribution is -2.25. The summed E-state index contributed by atoms with van der Waals surface area (Å²) >= 11 is 0. The van der Waals surface area contributed by atoms with E-state index in [-0.39, 0.29) is 5.78 Å². The first-order valence-electron chi connectivity index (χ1n) is 7.38. The molecular formula is C17H23NO. The smallest absolute Gasteiger partial charge is 0.190 e. The van der Waals surface area contributed by atoms with E-state index in [0.717, 1.165) is 36.9 Å². The van der Waals surface area contributed by atoms with Crippen LogP contribution in [0.5, 0.6) is 0 Å². The molecule has 0 fully saturated rings. The number of hydrogen-bond acceptors (Lipinski definition) is 2. The standard InChI is InChI=1S/C17H23NO/c1-2-3-5-12-16-15(11-8-13-18-16)17(19)14-9-6-4-7-10-14/h4,6-7,9-10,18H,2-3,5,8,11-13H2,1H3. The molecule has 2 rings (SSSR count). The van der Waals surface area contributed by atoms with E-state index in [2.05, 4.69) is 12.2 Å². The molecule has 0 atom stereocenters. The number of Topliss-reactive ketones (excluding diaryl/α,β-unsaturated/α-hetero) is 1. The predicted molar refractivity (Wildman–Crippen MR) is 79.2 cm³/mol. The highest BCUT2D eigenvalue weighted by atomic mass is 16.1. The van der Waals surface area contributed by atoms with Crippen molar-refractivity contribution in [2.24, 2.45) is 0 Å². The number of rotatable bonds is 6. The number of nitrogens with one attached hydrogen (secondary N) is 1. The van der Waals surface area contributed by atoms with Crippen LogP contribution in [0.2, 0.25) is 0 Å². The molecule has 2 heteroatoms. The molecule has 0 aliphatic carbocycles. The molecule has 0 amide bonds. The third-order valence-corrected chi connectivity index (χ3v) is 3.65. The summed E-state index contributed by atoms with van der Waals surface area (Å²) in [6, 6.07) is 9.63. The Labute approximate surface area is 115 Å². The van der Waals surface area contributed by atoms with Gasteiger partial charge in [0.2, 0.25) is 0 Å². The van der Waals surface area contributed by atoms with Gasteiger partial charge >= 0.3 is 0 Å². The van der Waals surface area contributed by atoms with Crippen LogP contribution in [0.1, 0.15) is 55.8 Å². The van der Waals surface area contributed by atoms with Crippen LogP contribution in [-0.2, 0) is 0 Å². The summed E-state index contributed by atoms with van der Waals surface area (Å²) in [5.41, 5.74) is 3.01. The minimum atomic E-state index is 0.208. The van der Waals surface area contributed by atoms with Gasteiger partial charge in [-0.25, -0.2) is 0 Å². The van der Waals surface area contributed by atoms with E-state index in [0.29, 0.717) is 0 Å². The average molecular weight is 257 g/mol. The van der Waals surface area contributed by atoms with Crippen molar-refractivity contribution in [3.8, 4) is 0 Å². The van der Waals surface area contributed by atoms with Gasteiger partial charge in [-0.2, -0.15) is 0 Å². The molecule has 0 aromatic heterocycles. The number of ketones is 1. The first kappa shape index (κ1) is 13.9. The van der Waals surface area contributed by atoms with Crippen molar-refractivity contribution in [3.63, 3.8) is 0 Å². The van der Waals surface area contributed by atoms with Gasteiger partial charge in [-0.3, -0.25) is 4.79 Å². The highest BCUT2D eigenvalue weighted by Gasteiger charge is 2.19. The fourth-order valence-corrected chi connectivity index (χ4v) is 2.57. The van der Waals surface area contributed by atoms with Gasteiger partial charge in [-0.15, -0.1) is 0 Å². The van der Waals surface area contributed by atoms with E-state index in [1.807, 2.05) is 30.3 Å². The van der Waals surface area contributed by atoms with Gasteiger partial charge in [0.05, 0.1) is 0 Å². The van der Waals surface area contributed by atoms with Gasteiger partial charge in [-0.05, 0) is 25.7 Å². The molecule has 0 radical (unpaired) electrons. The Hall–Kier alpha value is -1.57. The van der Waals surface area contributed by atoms with E-state index in [4.69, 9.17) is 0 Å². The molecule has 0 spiro atoms. The molecule has 19 heavy (non-hydrogen) atoms. The number of carbonyl (C=O) groups is 1. The van der Waals surface area contributed by atoms with Crippen molar-refractivity contribution < 1.29 is 4.79 Å². The van der Waals surface area contributed by atoms with Crippen molar-refractivity contribution >= 4 is 5.78 Å². The molecule has 1 aromatic carbocycles. The molecular weight excluding hydrogens is 234 g/mol. The number of benzene rings is 1. The van der Waals surface area contributed by atoms with Gasteiger partial charge in [0, 0.05) is 23.4 Å². The summed E-state index contributed by atoms with van der Waals surface area (Å²) in [4.78, 5) is 12.5. The van der Waals surface area contributed by atoms with Gasteiger partial charge < -0.3 is 5.32 Å². The highest BCUT2D eigenvalue weighted by molar-refractivity contribution is 6.09. The molecule has 1 heterocycles. The third kappa shape index (κ3) is 3.69. The fourth-order valence-electron chi connectivity index (χ4n) is 2.57. The predicted octanol–water partition coefficient (Wildman–Crippen LogP) is 4.09. The van der Waals surface area contributed by atoms with Crippen LogP contribution in [0, 0.1) is 0 Å². The molecule has 1 N–H and O–H groups in total. The summed E-state index contributed by atoms with van der Waals surface area (Å²) < 4.78 is 0. The summed E-state index contributed by atoms with van der Waals surface area (Å²) in [5, 5.41) is 3.44. The molecule has 1 aromatic rings. The Balaban J connectivity index is 2.15. The summed E-state index contributed by atoms with van der Waals surface area (Å²) in [5.74, 6) is 0.208. The van der Waals surface area contributed by atoms with Crippen molar-refractivity contribution in [1.82, 2.24) is 5.32 Å². The van der Waals surface area contributed by atoms with Crippen molar-refractivity contribution in [1.29, 1.82) is 0 Å². The Morgan fingerprint density at radius 1 is 1.21 bits per heavy atom. The number of allylic oxidation sites excluding steroid dienone is 2. The Morgan fingerprint density at radius 3 is 2.74 bits per heavy atom. The van der Waals surface area contributed by atoms with Crippen molar-refractivity contribution in [2.45, 2.75) is 45.4 Å². The first-order chi connectivity index (χ1) is 9.33. The monoisotopic (exact) mass is 257 g/mol. The number of unbranched alkanes of at least 4 members (excludes halogenated alkanes) is 2. The Morgan fingerprint density at radius 2 is 2.00 bits per heavy atom. The Bertz CT molecular complexity index is 448. The van der Waals surface area contributed by atoms with Crippen LogP contribution in [0.25, 0.3) is 0 Å². The van der Waals surface area contributed by atoms with Crippen LogP contribution in [-0.4, -0.2) is 12.3 Å². The SMILES string of the molecule is CCCCCC1=C(C(=O)c2ccccc2)CCCN1. The molecule has 0 saturated heterocycles. The van der Waals surface area contributed by atoms with E-state index in [1.165, 1.54) is 25.0 Å². The van der Waals surface area contributed by atoms with Gasteiger partial charge in [-0.1, -0.05) is 50.1 Å². The summed E-state index contributed by atoms with van der Waals surface area (Å²) in [7, 11) is 0. The van der Waals surface area contributed by atoms with Crippen LogP contribution in [0.15, 0.2) is 41.6 Å². The first-order valence-corrected chi connectivity index (χ1v) is 7.38. The normalized spacial score (nSPS) is 15.2. The van der Waals surface area contributed by atoms with Crippen LogP contribution in [0.3, 0.4) is 0 Å². The maximum Gasteiger partial charge on any atom is 0.190 e. The lowest BCUT2D eigenvalue weighted by atomic mass is 9.93. The van der Waals surface area contributed by atoms with Crippen molar-refractivity contribution in [2.75, 3.05) is 6.54 Å². The van der Waals surface area contributed by atoms with E-state index in [9.17, 15) is 4.79 Å². The molecule has 2 nitrogen and oxygen atoms in total. The van der Waals surface area contributed by atoms with Gasteiger partial charge in [0.15, 0.2) is 5.78 Å². The zero-order valence-electron chi connectivity index (χ0n) is 11.7. The molecule has 1 aliphatic heterocycles. The largest absolute Gasteiger partial charge is 0.388 e. The van der Waals surface area contributed by atoms with Crippen molar-refractivity contribution in [3.05, 3.63) is 47.2 Å². The average Bonchev–Trinajstić information content (AvgIpc) is 2.48. The number of carbonyl (C=O) groups excluding carboxylic acids is 1.